The largest absolute Gasteiger partial charge is 0.508 e. The molecule has 0 radical (unpaired) electrons. The molecule has 3 heteroatoms. The van der Waals surface area contributed by atoms with E-state index in [1.165, 1.54) is 6.07 Å². The van der Waals surface area contributed by atoms with Gasteiger partial charge in [-0.25, -0.2) is 0 Å². The summed E-state index contributed by atoms with van der Waals surface area (Å²) in [6.45, 7) is 1.95. The second kappa shape index (κ2) is 4.45. The fourth-order valence-corrected chi connectivity index (χ4v) is 1.95. The Morgan fingerprint density at radius 3 is 3.07 bits per heavy atom. The molecule has 0 amide bonds. The third-order valence-corrected chi connectivity index (χ3v) is 2.80. The molecular weight excluding hydrogens is 190 g/mol. The number of benzene rings is 1. The number of aromatic hydroxyl groups is 1. The molecule has 0 bridgehead atoms. The number of hydrogen-bond donors (Lipinski definition) is 2. The third-order valence-electron chi connectivity index (χ3n) is 2.80. The fraction of sp³-hybridized carbons (Fsp3) is 0.417. The second-order valence-electron chi connectivity index (χ2n) is 4.04. The van der Waals surface area contributed by atoms with Crippen LogP contribution in [0.25, 0.3) is 0 Å². The zero-order valence-electron chi connectivity index (χ0n) is 8.57. The average Bonchev–Trinajstić information content (AvgIpc) is 2.70. The molecule has 0 saturated carbocycles. The molecular formula is C12H15NO2. The zero-order valence-corrected chi connectivity index (χ0v) is 8.57. The maximum atomic E-state index is 11.8. The van der Waals surface area contributed by atoms with Crippen LogP contribution < -0.4 is 5.32 Å². The van der Waals surface area contributed by atoms with E-state index in [0.717, 1.165) is 19.5 Å². The molecule has 2 N–H and O–H groups in total. The molecule has 1 saturated heterocycles. The van der Waals surface area contributed by atoms with Crippen LogP contribution in [0.4, 0.5) is 0 Å². The van der Waals surface area contributed by atoms with E-state index in [1.807, 2.05) is 0 Å². The first kappa shape index (κ1) is 10.2. The molecule has 80 valence electrons. The molecule has 1 aliphatic heterocycles. The van der Waals surface area contributed by atoms with Crippen LogP contribution in [0.2, 0.25) is 0 Å². The van der Waals surface area contributed by atoms with Gasteiger partial charge in [0, 0.05) is 12.0 Å². The van der Waals surface area contributed by atoms with Crippen molar-refractivity contribution in [3.8, 4) is 5.75 Å². The number of nitrogens with one attached hydrogen (secondary N) is 1. The molecule has 1 unspecified atom stereocenters. The van der Waals surface area contributed by atoms with Crippen LogP contribution in [0.5, 0.6) is 5.75 Å². The summed E-state index contributed by atoms with van der Waals surface area (Å²) in [4.78, 5) is 11.8. The number of phenolic OH excluding ortho intramolecular Hbond substituents is 1. The summed E-state index contributed by atoms with van der Waals surface area (Å²) in [5, 5.41) is 12.5. The van der Waals surface area contributed by atoms with Crippen molar-refractivity contribution in [2.45, 2.75) is 12.8 Å². The molecule has 1 heterocycles. The number of hydrogen-bond acceptors (Lipinski definition) is 3. The number of carbonyl (C=O) groups is 1. The van der Waals surface area contributed by atoms with E-state index in [9.17, 15) is 9.90 Å². The van der Waals surface area contributed by atoms with Gasteiger partial charge in [0.15, 0.2) is 5.78 Å². The lowest BCUT2D eigenvalue weighted by Crippen LogP contribution is -2.12. The van der Waals surface area contributed by atoms with Crippen LogP contribution in [0.3, 0.4) is 0 Å². The number of phenols is 1. The Morgan fingerprint density at radius 2 is 2.40 bits per heavy atom. The number of ketones is 1. The van der Waals surface area contributed by atoms with Crippen molar-refractivity contribution >= 4 is 5.78 Å². The zero-order chi connectivity index (χ0) is 10.7. The van der Waals surface area contributed by atoms with Gasteiger partial charge in [-0.05, 0) is 37.6 Å². The monoisotopic (exact) mass is 205 g/mol. The minimum Gasteiger partial charge on any atom is -0.508 e. The lowest BCUT2D eigenvalue weighted by atomic mass is 9.97. The molecule has 0 aliphatic carbocycles. The Morgan fingerprint density at radius 1 is 1.53 bits per heavy atom. The summed E-state index contributed by atoms with van der Waals surface area (Å²) in [5.41, 5.74) is 0.613. The van der Waals surface area contributed by atoms with Crippen molar-refractivity contribution in [2.75, 3.05) is 13.1 Å². The van der Waals surface area contributed by atoms with Gasteiger partial charge in [0.1, 0.15) is 5.75 Å². The summed E-state index contributed by atoms with van der Waals surface area (Å²) in [5.74, 6) is 0.741. The molecule has 0 aromatic heterocycles. The Balaban J connectivity index is 2.01. The predicted octanol–water partition coefficient (Wildman–Crippen LogP) is 1.57. The molecule has 1 fully saturated rings. The SMILES string of the molecule is O=C(CC1CCNC1)c1cccc(O)c1. The highest BCUT2D eigenvalue weighted by Gasteiger charge is 2.18. The van der Waals surface area contributed by atoms with E-state index in [1.54, 1.807) is 18.2 Å². The first-order valence-corrected chi connectivity index (χ1v) is 5.28. The third kappa shape index (κ3) is 2.57. The maximum Gasteiger partial charge on any atom is 0.163 e. The van der Waals surface area contributed by atoms with E-state index in [-0.39, 0.29) is 11.5 Å². The van der Waals surface area contributed by atoms with Gasteiger partial charge in [-0.3, -0.25) is 4.79 Å². The van der Waals surface area contributed by atoms with Crippen LogP contribution in [0.1, 0.15) is 23.2 Å². The lowest BCUT2D eigenvalue weighted by molar-refractivity contribution is 0.0964. The normalized spacial score (nSPS) is 20.4. The number of carbonyl (C=O) groups excluding carboxylic acids is 1. The quantitative estimate of drug-likeness (QED) is 0.736. The van der Waals surface area contributed by atoms with Gasteiger partial charge in [0.2, 0.25) is 0 Å². The van der Waals surface area contributed by atoms with E-state index in [4.69, 9.17) is 0 Å². The highest BCUT2D eigenvalue weighted by Crippen LogP contribution is 2.18. The molecule has 1 aliphatic rings. The first-order chi connectivity index (χ1) is 7.25. The molecule has 1 atom stereocenters. The average molecular weight is 205 g/mol. The molecule has 3 nitrogen and oxygen atoms in total. The van der Waals surface area contributed by atoms with E-state index >= 15 is 0 Å². The van der Waals surface area contributed by atoms with Crippen LogP contribution in [0.15, 0.2) is 24.3 Å². The molecule has 0 spiro atoms. The molecule has 1 aromatic carbocycles. The minimum atomic E-state index is 0.125. The standard InChI is InChI=1S/C12H15NO2/c14-11-3-1-2-10(7-11)12(15)6-9-4-5-13-8-9/h1-3,7,9,13-14H,4-6,8H2. The Hall–Kier alpha value is -1.35. The van der Waals surface area contributed by atoms with Gasteiger partial charge in [-0.1, -0.05) is 12.1 Å². The van der Waals surface area contributed by atoms with E-state index in [2.05, 4.69) is 5.32 Å². The van der Waals surface area contributed by atoms with Gasteiger partial charge >= 0.3 is 0 Å². The van der Waals surface area contributed by atoms with Crippen LogP contribution in [-0.2, 0) is 0 Å². The minimum absolute atomic E-state index is 0.125. The Bertz CT molecular complexity index is 356. The van der Waals surface area contributed by atoms with Gasteiger partial charge < -0.3 is 10.4 Å². The van der Waals surface area contributed by atoms with Crippen molar-refractivity contribution in [3.05, 3.63) is 29.8 Å². The number of Topliss-reactive ketones (excluding diaryl/α,β-unsaturated/α-hetero) is 1. The highest BCUT2D eigenvalue weighted by molar-refractivity contribution is 5.96. The Labute approximate surface area is 89.1 Å². The van der Waals surface area contributed by atoms with E-state index in [0.29, 0.717) is 17.9 Å². The van der Waals surface area contributed by atoms with Gasteiger partial charge in [0.25, 0.3) is 0 Å². The van der Waals surface area contributed by atoms with Crippen molar-refractivity contribution in [3.63, 3.8) is 0 Å². The summed E-state index contributed by atoms with van der Waals surface area (Å²) in [6.07, 6.45) is 1.65. The second-order valence-corrected chi connectivity index (χ2v) is 4.04. The van der Waals surface area contributed by atoms with E-state index < -0.39 is 0 Å². The lowest BCUT2D eigenvalue weighted by Gasteiger charge is -2.06. The van der Waals surface area contributed by atoms with Crippen LogP contribution >= 0.6 is 0 Å². The van der Waals surface area contributed by atoms with Crippen molar-refractivity contribution in [1.29, 1.82) is 0 Å². The van der Waals surface area contributed by atoms with Crippen molar-refractivity contribution in [1.82, 2.24) is 5.32 Å². The maximum absolute atomic E-state index is 11.8. The van der Waals surface area contributed by atoms with Gasteiger partial charge in [0.05, 0.1) is 0 Å². The smallest absolute Gasteiger partial charge is 0.163 e. The fourth-order valence-electron chi connectivity index (χ4n) is 1.95. The summed E-state index contributed by atoms with van der Waals surface area (Å²) < 4.78 is 0. The first-order valence-electron chi connectivity index (χ1n) is 5.28. The van der Waals surface area contributed by atoms with Gasteiger partial charge in [-0.15, -0.1) is 0 Å². The molecule has 2 rings (SSSR count). The molecule has 1 aromatic rings. The molecule has 15 heavy (non-hydrogen) atoms. The topological polar surface area (TPSA) is 49.3 Å². The summed E-state index contributed by atoms with van der Waals surface area (Å²) in [6, 6.07) is 6.57. The Kier molecular flexibility index (Phi) is 3.02. The van der Waals surface area contributed by atoms with Crippen LogP contribution in [0, 0.1) is 5.92 Å². The van der Waals surface area contributed by atoms with Gasteiger partial charge in [-0.2, -0.15) is 0 Å². The van der Waals surface area contributed by atoms with Crippen LogP contribution in [-0.4, -0.2) is 24.0 Å². The van der Waals surface area contributed by atoms with Crippen molar-refractivity contribution < 1.29 is 9.90 Å². The van der Waals surface area contributed by atoms with Crippen molar-refractivity contribution in [2.24, 2.45) is 5.92 Å². The summed E-state index contributed by atoms with van der Waals surface area (Å²) in [7, 11) is 0. The number of rotatable bonds is 3. The predicted molar refractivity (Wildman–Crippen MR) is 58.0 cm³/mol. The highest BCUT2D eigenvalue weighted by atomic mass is 16.3. The summed E-state index contributed by atoms with van der Waals surface area (Å²) >= 11 is 0.